The number of carbonyl (C=O) groups is 1. The molecule has 1 amide bonds. The zero-order valence-corrected chi connectivity index (χ0v) is 16.7. The first-order valence-corrected chi connectivity index (χ1v) is 10.2. The number of rotatable bonds is 7. The summed E-state index contributed by atoms with van der Waals surface area (Å²) in [4.78, 5) is 12.6. The van der Waals surface area contributed by atoms with Gasteiger partial charge >= 0.3 is 0 Å². The lowest BCUT2D eigenvalue weighted by molar-refractivity contribution is -0.122. The quantitative estimate of drug-likeness (QED) is 0.407. The van der Waals surface area contributed by atoms with E-state index >= 15 is 0 Å². The van der Waals surface area contributed by atoms with E-state index < -0.39 is 0 Å². The summed E-state index contributed by atoms with van der Waals surface area (Å²) in [7, 11) is 0. The van der Waals surface area contributed by atoms with Gasteiger partial charge in [0.1, 0.15) is 0 Å². The Morgan fingerprint density at radius 2 is 1.27 bits per heavy atom. The Morgan fingerprint density at radius 1 is 0.767 bits per heavy atom. The van der Waals surface area contributed by atoms with Gasteiger partial charge in [-0.15, -0.1) is 0 Å². The average molecular weight is 393 g/mol. The van der Waals surface area contributed by atoms with Gasteiger partial charge in [-0.3, -0.25) is 4.79 Å². The lowest BCUT2D eigenvalue weighted by Crippen LogP contribution is -2.21. The van der Waals surface area contributed by atoms with Crippen LogP contribution >= 0.6 is 0 Å². The minimum atomic E-state index is -0.0254. The Hall–Kier alpha value is -3.72. The van der Waals surface area contributed by atoms with Crippen LogP contribution in [0.15, 0.2) is 108 Å². The first kappa shape index (κ1) is 19.6. The highest BCUT2D eigenvalue weighted by molar-refractivity contribution is 6.09. The molecule has 0 spiro atoms. The van der Waals surface area contributed by atoms with Crippen molar-refractivity contribution in [2.24, 2.45) is 11.0 Å². The monoisotopic (exact) mass is 392 g/mol. The molecule has 0 radical (unpaired) electrons. The van der Waals surface area contributed by atoms with Gasteiger partial charge in [-0.05, 0) is 41.2 Å². The van der Waals surface area contributed by atoms with E-state index in [1.807, 2.05) is 103 Å². The van der Waals surface area contributed by atoms with E-state index in [2.05, 4.69) is 22.7 Å². The second kappa shape index (κ2) is 9.66. The van der Waals surface area contributed by atoms with E-state index in [4.69, 9.17) is 0 Å². The minimum Gasteiger partial charge on any atom is -0.273 e. The van der Waals surface area contributed by atoms with Gasteiger partial charge in [-0.1, -0.05) is 103 Å². The molecule has 1 aliphatic rings. The van der Waals surface area contributed by atoms with Gasteiger partial charge in [0.2, 0.25) is 5.91 Å². The molecule has 2 atom stereocenters. The third-order valence-corrected chi connectivity index (χ3v) is 5.14. The number of amides is 1. The SMILES string of the molecule is O=C(NN=C(C=Cc1ccccc1)C=Cc1ccccc1)C1CC1c1ccccc1. The number of nitrogens with one attached hydrogen (secondary N) is 1. The first-order chi connectivity index (χ1) is 14.8. The third-order valence-electron chi connectivity index (χ3n) is 5.14. The molecule has 3 aromatic carbocycles. The van der Waals surface area contributed by atoms with Gasteiger partial charge in [0.25, 0.3) is 0 Å². The molecule has 1 N–H and O–H groups in total. The van der Waals surface area contributed by atoms with E-state index in [0.29, 0.717) is 11.6 Å². The van der Waals surface area contributed by atoms with Crippen LogP contribution in [0.2, 0.25) is 0 Å². The summed E-state index contributed by atoms with van der Waals surface area (Å²) in [6.45, 7) is 0. The standard InChI is InChI=1S/C27H24N2O/c30-27(26-20-25(26)23-14-8-3-9-15-23)29-28-24(18-16-21-10-4-1-5-11-21)19-17-22-12-6-2-7-13-22/h1-19,25-26H,20H2,(H,29,30). The van der Waals surface area contributed by atoms with E-state index in [1.54, 1.807) is 0 Å². The fourth-order valence-corrected chi connectivity index (χ4v) is 3.38. The summed E-state index contributed by atoms with van der Waals surface area (Å²) in [6, 6.07) is 30.3. The highest BCUT2D eigenvalue weighted by Crippen LogP contribution is 2.47. The van der Waals surface area contributed by atoms with Crippen LogP contribution in [0.5, 0.6) is 0 Å². The number of benzene rings is 3. The topological polar surface area (TPSA) is 41.5 Å². The van der Waals surface area contributed by atoms with Gasteiger partial charge in [0.15, 0.2) is 0 Å². The molecule has 0 aromatic heterocycles. The Morgan fingerprint density at radius 3 is 1.80 bits per heavy atom. The zero-order valence-electron chi connectivity index (χ0n) is 16.7. The molecule has 0 aliphatic heterocycles. The summed E-state index contributed by atoms with van der Waals surface area (Å²) >= 11 is 0. The fourth-order valence-electron chi connectivity index (χ4n) is 3.38. The number of hydrogen-bond donors (Lipinski definition) is 1. The average Bonchev–Trinajstić information content (AvgIpc) is 3.61. The van der Waals surface area contributed by atoms with Crippen LogP contribution in [0, 0.1) is 5.92 Å². The van der Waals surface area contributed by atoms with Crippen LogP contribution in [0.1, 0.15) is 29.0 Å². The maximum atomic E-state index is 12.6. The summed E-state index contributed by atoms with van der Waals surface area (Å²) in [5.41, 5.74) is 6.83. The summed E-state index contributed by atoms with van der Waals surface area (Å²) in [5, 5.41) is 4.39. The van der Waals surface area contributed by atoms with Crippen LogP contribution in [0.3, 0.4) is 0 Å². The Labute approximate surface area is 177 Å². The highest BCUT2D eigenvalue weighted by atomic mass is 16.2. The predicted octanol–water partition coefficient (Wildman–Crippen LogP) is 5.69. The molecule has 30 heavy (non-hydrogen) atoms. The summed E-state index contributed by atoms with van der Waals surface area (Å²) in [5.74, 6) is 0.265. The molecule has 1 fully saturated rings. The van der Waals surface area contributed by atoms with Crippen molar-refractivity contribution in [3.8, 4) is 0 Å². The van der Waals surface area contributed by atoms with E-state index in [0.717, 1.165) is 17.5 Å². The van der Waals surface area contributed by atoms with Crippen LogP contribution < -0.4 is 5.43 Å². The molecule has 3 aromatic rings. The molecule has 3 heteroatoms. The van der Waals surface area contributed by atoms with E-state index in [-0.39, 0.29) is 11.8 Å². The van der Waals surface area contributed by atoms with Crippen molar-refractivity contribution >= 4 is 23.8 Å². The fraction of sp³-hybridized carbons (Fsp3) is 0.111. The molecule has 4 rings (SSSR count). The number of nitrogens with zero attached hydrogens (tertiary/aromatic N) is 1. The number of allylic oxidation sites excluding steroid dienone is 2. The molecule has 0 saturated heterocycles. The maximum absolute atomic E-state index is 12.6. The predicted molar refractivity (Wildman–Crippen MR) is 124 cm³/mol. The molecule has 3 nitrogen and oxygen atoms in total. The highest BCUT2D eigenvalue weighted by Gasteiger charge is 2.43. The number of carbonyl (C=O) groups excluding carboxylic acids is 1. The smallest absolute Gasteiger partial charge is 0.243 e. The Bertz CT molecular complexity index is 1000. The van der Waals surface area contributed by atoms with Gasteiger partial charge in [0.05, 0.1) is 5.71 Å². The summed E-state index contributed by atoms with van der Waals surface area (Å²) < 4.78 is 0. The van der Waals surface area contributed by atoms with Crippen LogP contribution in [0.25, 0.3) is 12.2 Å². The number of hydrazone groups is 1. The lowest BCUT2D eigenvalue weighted by Gasteiger charge is -2.02. The third kappa shape index (κ3) is 5.42. The molecular weight excluding hydrogens is 368 g/mol. The largest absolute Gasteiger partial charge is 0.273 e. The van der Waals surface area contributed by atoms with Gasteiger partial charge in [-0.25, -0.2) is 5.43 Å². The van der Waals surface area contributed by atoms with Crippen LogP contribution in [0.4, 0.5) is 0 Å². The van der Waals surface area contributed by atoms with Crippen molar-refractivity contribution in [1.29, 1.82) is 0 Å². The first-order valence-electron chi connectivity index (χ1n) is 10.2. The second-order valence-electron chi connectivity index (χ2n) is 7.36. The maximum Gasteiger partial charge on any atom is 0.243 e. The molecule has 1 aliphatic carbocycles. The van der Waals surface area contributed by atoms with E-state index in [9.17, 15) is 4.79 Å². The van der Waals surface area contributed by atoms with Gasteiger partial charge in [-0.2, -0.15) is 5.10 Å². The van der Waals surface area contributed by atoms with Crippen molar-refractivity contribution in [3.63, 3.8) is 0 Å². The number of hydrogen-bond acceptors (Lipinski definition) is 2. The molecule has 0 bridgehead atoms. The lowest BCUT2D eigenvalue weighted by atomic mass is 10.1. The Kier molecular flexibility index (Phi) is 6.31. The van der Waals surface area contributed by atoms with E-state index in [1.165, 1.54) is 5.56 Å². The molecule has 1 saturated carbocycles. The Balaban J connectivity index is 1.46. The van der Waals surface area contributed by atoms with Crippen molar-refractivity contribution in [2.75, 3.05) is 0 Å². The molecule has 148 valence electrons. The molecular formula is C27H24N2O. The van der Waals surface area contributed by atoms with Crippen molar-refractivity contribution in [1.82, 2.24) is 5.43 Å². The van der Waals surface area contributed by atoms with Crippen LogP contribution in [-0.4, -0.2) is 11.6 Å². The molecule has 2 unspecified atom stereocenters. The minimum absolute atomic E-state index is 0.00592. The zero-order chi connectivity index (χ0) is 20.6. The second-order valence-corrected chi connectivity index (χ2v) is 7.36. The van der Waals surface area contributed by atoms with Crippen LogP contribution in [-0.2, 0) is 4.79 Å². The van der Waals surface area contributed by atoms with Crippen molar-refractivity contribution < 1.29 is 4.79 Å². The van der Waals surface area contributed by atoms with Gasteiger partial charge < -0.3 is 0 Å². The van der Waals surface area contributed by atoms with Gasteiger partial charge in [0, 0.05) is 5.92 Å². The van der Waals surface area contributed by atoms with Crippen molar-refractivity contribution in [2.45, 2.75) is 12.3 Å². The van der Waals surface area contributed by atoms with Crippen molar-refractivity contribution in [3.05, 3.63) is 120 Å². The summed E-state index contributed by atoms with van der Waals surface area (Å²) in [6.07, 6.45) is 8.68. The molecule has 0 heterocycles. The normalized spacial score (nSPS) is 17.7.